The van der Waals surface area contributed by atoms with Crippen molar-refractivity contribution in [3.63, 3.8) is 0 Å². The van der Waals surface area contributed by atoms with Gasteiger partial charge in [-0.15, -0.1) is 0 Å². The predicted octanol–water partition coefficient (Wildman–Crippen LogP) is 6.28. The van der Waals surface area contributed by atoms with Crippen LogP contribution in [0.2, 0.25) is 10.0 Å². The van der Waals surface area contributed by atoms with Crippen LogP contribution < -0.4 is 10.1 Å². The van der Waals surface area contributed by atoms with Gasteiger partial charge in [-0.25, -0.2) is 0 Å². The zero-order chi connectivity index (χ0) is 22.0. The van der Waals surface area contributed by atoms with Gasteiger partial charge < -0.3 is 20.3 Å². The second-order valence-electron chi connectivity index (χ2n) is 6.91. The van der Waals surface area contributed by atoms with Crippen molar-refractivity contribution in [2.45, 2.75) is 6.54 Å². The molecule has 0 aliphatic heterocycles. The summed E-state index contributed by atoms with van der Waals surface area (Å²) in [5.74, 6) is 0.465. The van der Waals surface area contributed by atoms with Crippen LogP contribution in [-0.4, -0.2) is 16.1 Å². The van der Waals surface area contributed by atoms with E-state index in [0.29, 0.717) is 21.4 Å². The van der Waals surface area contributed by atoms with E-state index in [-0.39, 0.29) is 29.7 Å². The van der Waals surface area contributed by atoms with E-state index in [1.54, 1.807) is 66.7 Å². The molecule has 4 aromatic rings. The van der Waals surface area contributed by atoms with Crippen LogP contribution >= 0.6 is 23.2 Å². The van der Waals surface area contributed by atoms with Gasteiger partial charge in [0.2, 0.25) is 0 Å². The summed E-state index contributed by atoms with van der Waals surface area (Å²) in [6.45, 7) is 0.276. The van der Waals surface area contributed by atoms with Crippen LogP contribution in [0.25, 0.3) is 10.8 Å². The second kappa shape index (κ2) is 8.76. The Morgan fingerprint density at radius 2 is 1.58 bits per heavy atom. The van der Waals surface area contributed by atoms with Crippen LogP contribution in [0.1, 0.15) is 15.9 Å². The minimum absolute atomic E-state index is 0.0921. The van der Waals surface area contributed by atoms with E-state index in [0.717, 1.165) is 16.3 Å². The first-order valence-electron chi connectivity index (χ1n) is 9.35. The molecule has 0 bridgehead atoms. The minimum Gasteiger partial charge on any atom is -0.508 e. The first kappa shape index (κ1) is 20.8. The van der Waals surface area contributed by atoms with Crippen molar-refractivity contribution >= 4 is 39.9 Å². The van der Waals surface area contributed by atoms with Crippen LogP contribution in [-0.2, 0) is 6.54 Å². The topological polar surface area (TPSA) is 78.8 Å². The Morgan fingerprint density at radius 1 is 0.839 bits per heavy atom. The molecule has 0 saturated carbocycles. The van der Waals surface area contributed by atoms with Gasteiger partial charge in [0.05, 0.1) is 5.02 Å². The highest BCUT2D eigenvalue weighted by Gasteiger charge is 2.10. The van der Waals surface area contributed by atoms with E-state index >= 15 is 0 Å². The summed E-state index contributed by atoms with van der Waals surface area (Å²) < 4.78 is 5.65. The number of fused-ring (bicyclic) bond motifs is 1. The second-order valence-corrected chi connectivity index (χ2v) is 7.75. The molecule has 4 aromatic carbocycles. The quantitative estimate of drug-likeness (QED) is 0.332. The van der Waals surface area contributed by atoms with Crippen LogP contribution in [0.15, 0.2) is 72.8 Å². The molecule has 31 heavy (non-hydrogen) atoms. The molecule has 1 amide bonds. The summed E-state index contributed by atoms with van der Waals surface area (Å²) in [5, 5.41) is 24.8. The van der Waals surface area contributed by atoms with E-state index < -0.39 is 0 Å². The Kier molecular flexibility index (Phi) is 5.89. The third kappa shape index (κ3) is 4.85. The highest BCUT2D eigenvalue weighted by Crippen LogP contribution is 2.36. The molecule has 5 nitrogen and oxygen atoms in total. The summed E-state index contributed by atoms with van der Waals surface area (Å²) in [5.41, 5.74) is 1.30. The van der Waals surface area contributed by atoms with Crippen molar-refractivity contribution in [3.05, 3.63) is 94.0 Å². The molecule has 4 rings (SSSR count). The van der Waals surface area contributed by atoms with E-state index in [1.807, 2.05) is 0 Å². The first-order chi connectivity index (χ1) is 14.9. The van der Waals surface area contributed by atoms with E-state index in [2.05, 4.69) is 5.32 Å². The maximum atomic E-state index is 12.5. The monoisotopic (exact) mass is 453 g/mol. The van der Waals surface area contributed by atoms with Crippen molar-refractivity contribution in [1.82, 2.24) is 5.32 Å². The Labute approximate surface area is 188 Å². The largest absolute Gasteiger partial charge is 0.508 e. The molecule has 156 valence electrons. The van der Waals surface area contributed by atoms with Crippen molar-refractivity contribution in [2.75, 3.05) is 0 Å². The molecular weight excluding hydrogens is 437 g/mol. The average molecular weight is 454 g/mol. The molecule has 0 aliphatic rings. The van der Waals surface area contributed by atoms with Gasteiger partial charge in [0.25, 0.3) is 5.91 Å². The number of carbonyl (C=O) groups is 1. The standard InChI is InChI=1S/C24H17Cl2NO4/c25-18-5-8-23(21(29)12-18)31-22-7-1-14(9-20(22)26)13-27-24(30)17-3-2-16-11-19(28)6-4-15(16)10-17/h1-12,28-29H,13H2,(H,27,30). The van der Waals surface area contributed by atoms with Crippen LogP contribution in [0.4, 0.5) is 0 Å². The Morgan fingerprint density at radius 3 is 2.35 bits per heavy atom. The lowest BCUT2D eigenvalue weighted by Crippen LogP contribution is -2.22. The number of phenolic OH excluding ortho intramolecular Hbond substituents is 2. The Balaban J connectivity index is 1.43. The number of hydrogen-bond donors (Lipinski definition) is 3. The van der Waals surface area contributed by atoms with Gasteiger partial charge in [0.15, 0.2) is 11.5 Å². The zero-order valence-electron chi connectivity index (χ0n) is 16.1. The van der Waals surface area contributed by atoms with Gasteiger partial charge in [0.1, 0.15) is 11.5 Å². The molecule has 0 heterocycles. The molecule has 0 unspecified atom stereocenters. The molecule has 3 N–H and O–H groups in total. The molecule has 7 heteroatoms. The normalized spacial score (nSPS) is 10.8. The van der Waals surface area contributed by atoms with Gasteiger partial charge in [-0.1, -0.05) is 41.4 Å². The number of halogens is 2. The SMILES string of the molecule is O=C(NCc1ccc(Oc2ccc(Cl)cc2O)c(Cl)c1)c1ccc2cc(O)ccc2c1. The first-order valence-corrected chi connectivity index (χ1v) is 10.1. The fourth-order valence-corrected chi connectivity index (χ4v) is 3.50. The maximum absolute atomic E-state index is 12.5. The van der Waals surface area contributed by atoms with Crippen LogP contribution in [0.3, 0.4) is 0 Å². The van der Waals surface area contributed by atoms with Gasteiger partial charge in [-0.2, -0.15) is 0 Å². The average Bonchev–Trinajstić information content (AvgIpc) is 2.75. The third-order valence-electron chi connectivity index (χ3n) is 4.68. The number of phenols is 2. The van der Waals surface area contributed by atoms with Gasteiger partial charge >= 0.3 is 0 Å². The number of carbonyl (C=O) groups excluding carboxylic acids is 1. The molecule has 0 aromatic heterocycles. The number of nitrogens with one attached hydrogen (secondary N) is 1. The summed E-state index contributed by atoms with van der Waals surface area (Å²) in [7, 11) is 0. The maximum Gasteiger partial charge on any atom is 0.251 e. The smallest absolute Gasteiger partial charge is 0.251 e. The van der Waals surface area contributed by atoms with Gasteiger partial charge in [-0.05, 0) is 64.9 Å². The lowest BCUT2D eigenvalue weighted by atomic mass is 10.1. The highest BCUT2D eigenvalue weighted by molar-refractivity contribution is 6.32. The van der Waals surface area contributed by atoms with Crippen LogP contribution in [0, 0.1) is 0 Å². The molecule has 0 aliphatic carbocycles. The Bertz CT molecular complexity index is 1290. The molecule has 0 radical (unpaired) electrons. The number of rotatable bonds is 5. The van der Waals surface area contributed by atoms with E-state index in [9.17, 15) is 15.0 Å². The van der Waals surface area contributed by atoms with Gasteiger partial charge in [0, 0.05) is 23.2 Å². The molecule has 0 saturated heterocycles. The highest BCUT2D eigenvalue weighted by atomic mass is 35.5. The summed E-state index contributed by atoms with van der Waals surface area (Å²) in [4.78, 5) is 12.5. The van der Waals surface area contributed by atoms with Crippen molar-refractivity contribution < 1.29 is 19.7 Å². The number of ether oxygens (including phenoxy) is 1. The van der Waals surface area contributed by atoms with Crippen molar-refractivity contribution in [2.24, 2.45) is 0 Å². The fraction of sp³-hybridized carbons (Fsp3) is 0.0417. The lowest BCUT2D eigenvalue weighted by molar-refractivity contribution is 0.0951. The van der Waals surface area contributed by atoms with E-state index in [1.165, 1.54) is 6.07 Å². The van der Waals surface area contributed by atoms with Crippen molar-refractivity contribution in [1.29, 1.82) is 0 Å². The number of amides is 1. The summed E-state index contributed by atoms with van der Waals surface area (Å²) in [6, 6.07) is 19.9. The summed E-state index contributed by atoms with van der Waals surface area (Å²) >= 11 is 12.1. The molecule has 0 spiro atoms. The fourth-order valence-electron chi connectivity index (χ4n) is 3.09. The number of benzene rings is 4. The van der Waals surface area contributed by atoms with Gasteiger partial charge in [-0.3, -0.25) is 4.79 Å². The molecular formula is C24H17Cl2NO4. The van der Waals surface area contributed by atoms with Crippen LogP contribution in [0.5, 0.6) is 23.0 Å². The minimum atomic E-state index is -0.225. The molecule has 0 atom stereocenters. The number of hydrogen-bond acceptors (Lipinski definition) is 4. The third-order valence-corrected chi connectivity index (χ3v) is 5.21. The lowest BCUT2D eigenvalue weighted by Gasteiger charge is -2.11. The number of aromatic hydroxyl groups is 2. The van der Waals surface area contributed by atoms with Crippen molar-refractivity contribution in [3.8, 4) is 23.0 Å². The summed E-state index contributed by atoms with van der Waals surface area (Å²) in [6.07, 6.45) is 0. The Hall–Kier alpha value is -3.41. The zero-order valence-corrected chi connectivity index (χ0v) is 17.6. The van der Waals surface area contributed by atoms with E-state index in [4.69, 9.17) is 27.9 Å². The predicted molar refractivity (Wildman–Crippen MR) is 121 cm³/mol. The molecule has 0 fully saturated rings.